The number of carboxylic acids is 1. The first-order valence-corrected chi connectivity index (χ1v) is 13.9. The van der Waals surface area contributed by atoms with Gasteiger partial charge in [0.05, 0.1) is 31.2 Å². The Kier molecular flexibility index (Phi) is 9.09. The molecule has 11 heteroatoms. The zero-order chi connectivity index (χ0) is 25.9. The number of carbonyl (C=O) groups excluding carboxylic acids is 2. The van der Waals surface area contributed by atoms with E-state index < -0.39 is 35.6 Å². The van der Waals surface area contributed by atoms with Gasteiger partial charge in [0.15, 0.2) is 0 Å². The molecule has 1 spiro atoms. The lowest BCUT2D eigenvalue weighted by molar-refractivity contribution is -0.150. The monoisotopic (exact) mass is 571 g/mol. The van der Waals surface area contributed by atoms with E-state index in [1.54, 1.807) is 15.9 Å². The number of alkyl halides is 1. The molecule has 10 nitrogen and oxygen atoms in total. The van der Waals surface area contributed by atoms with Crippen LogP contribution in [-0.4, -0.2) is 124 Å². The van der Waals surface area contributed by atoms with Crippen LogP contribution in [0, 0.1) is 11.8 Å². The number of carbonyl (C=O) groups is 3. The predicted molar refractivity (Wildman–Crippen MR) is 135 cm³/mol. The second-order valence-electron chi connectivity index (χ2n) is 10.2. The van der Waals surface area contributed by atoms with Crippen LogP contribution in [0.4, 0.5) is 0 Å². The number of rotatable bonds is 13. The number of likely N-dealkylation sites (tertiary alicyclic amines) is 1. The molecule has 2 N–H and O–H groups in total. The molecule has 36 heavy (non-hydrogen) atoms. The molecule has 4 heterocycles. The van der Waals surface area contributed by atoms with E-state index in [1.165, 1.54) is 0 Å². The summed E-state index contributed by atoms with van der Waals surface area (Å²) in [5, 5.41) is 19.1. The van der Waals surface area contributed by atoms with Gasteiger partial charge in [-0.3, -0.25) is 19.3 Å². The van der Waals surface area contributed by atoms with Crippen LogP contribution in [0.15, 0.2) is 12.7 Å². The van der Waals surface area contributed by atoms with Gasteiger partial charge in [-0.25, -0.2) is 0 Å². The van der Waals surface area contributed by atoms with Gasteiger partial charge in [0.2, 0.25) is 11.8 Å². The van der Waals surface area contributed by atoms with E-state index in [0.717, 1.165) is 25.9 Å². The standard InChI is InChI=1S/C25H38BrN3O7/c1-2-7-28(10-9-27-11-14-35-15-12-27)23(32)21-25-16-17(26)20(36-25)18(24(33)34)19(25)22(31)29(21)8-5-3-4-6-13-30/h2,17-21,30H,1,3-16H2,(H,33,34)/t17?,18-,19+,20-,21-,25+/m0/s1. The van der Waals surface area contributed by atoms with Crippen LogP contribution < -0.4 is 0 Å². The first-order valence-electron chi connectivity index (χ1n) is 13.0. The smallest absolute Gasteiger partial charge is 0.310 e. The Morgan fingerprint density at radius 2 is 1.92 bits per heavy atom. The minimum atomic E-state index is -1.15. The number of fused-ring (bicyclic) bond motifs is 1. The molecule has 2 amide bonds. The van der Waals surface area contributed by atoms with Crippen molar-refractivity contribution in [1.82, 2.24) is 14.7 Å². The first-order chi connectivity index (χ1) is 17.4. The number of halogens is 1. The summed E-state index contributed by atoms with van der Waals surface area (Å²) in [4.78, 5) is 45.5. The van der Waals surface area contributed by atoms with Crippen molar-refractivity contribution in [1.29, 1.82) is 0 Å². The molecule has 6 atom stereocenters. The lowest BCUT2D eigenvalue weighted by Crippen LogP contribution is -2.57. The van der Waals surface area contributed by atoms with Crippen molar-refractivity contribution in [3.63, 3.8) is 0 Å². The van der Waals surface area contributed by atoms with Crippen molar-refractivity contribution >= 4 is 33.7 Å². The predicted octanol–water partition coefficient (Wildman–Crippen LogP) is 0.719. The summed E-state index contributed by atoms with van der Waals surface area (Å²) >= 11 is 3.58. The fourth-order valence-electron chi connectivity index (χ4n) is 6.39. The molecule has 4 rings (SSSR count). The lowest BCUT2D eigenvalue weighted by Gasteiger charge is -2.38. The van der Waals surface area contributed by atoms with Crippen LogP contribution in [0.2, 0.25) is 0 Å². The van der Waals surface area contributed by atoms with Crippen LogP contribution in [0.3, 0.4) is 0 Å². The zero-order valence-electron chi connectivity index (χ0n) is 20.7. The fourth-order valence-corrected chi connectivity index (χ4v) is 7.33. The molecule has 0 aromatic rings. The summed E-state index contributed by atoms with van der Waals surface area (Å²) in [6.45, 7) is 8.75. The number of ether oxygens (including phenoxy) is 2. The van der Waals surface area contributed by atoms with Crippen molar-refractivity contribution in [2.45, 2.75) is 54.7 Å². The Morgan fingerprint density at radius 3 is 2.58 bits per heavy atom. The summed E-state index contributed by atoms with van der Waals surface area (Å²) in [7, 11) is 0. The molecule has 0 aromatic carbocycles. The van der Waals surface area contributed by atoms with Gasteiger partial charge in [-0.05, 0) is 19.3 Å². The van der Waals surface area contributed by atoms with E-state index in [0.29, 0.717) is 58.7 Å². The highest BCUT2D eigenvalue weighted by atomic mass is 79.9. The number of carboxylic acid groups (broad SMARTS) is 1. The van der Waals surface area contributed by atoms with Crippen molar-refractivity contribution in [3.8, 4) is 0 Å². The number of hydrogen-bond donors (Lipinski definition) is 2. The number of morpholine rings is 1. The molecule has 0 saturated carbocycles. The van der Waals surface area contributed by atoms with Crippen molar-refractivity contribution < 1.29 is 34.1 Å². The largest absolute Gasteiger partial charge is 0.481 e. The average molecular weight is 572 g/mol. The maximum atomic E-state index is 14.2. The van der Waals surface area contributed by atoms with Gasteiger partial charge in [-0.1, -0.05) is 34.8 Å². The molecule has 0 radical (unpaired) electrons. The van der Waals surface area contributed by atoms with Crippen molar-refractivity contribution in [2.75, 3.05) is 59.1 Å². The normalized spacial score (nSPS) is 33.7. The van der Waals surface area contributed by atoms with Crippen LogP contribution >= 0.6 is 15.9 Å². The summed E-state index contributed by atoms with van der Waals surface area (Å²) in [5.41, 5.74) is -1.15. The number of aliphatic hydroxyl groups is 1. The van der Waals surface area contributed by atoms with Crippen LogP contribution in [0.25, 0.3) is 0 Å². The third-order valence-electron chi connectivity index (χ3n) is 8.07. The van der Waals surface area contributed by atoms with Gasteiger partial charge >= 0.3 is 5.97 Å². The number of nitrogens with zero attached hydrogens (tertiary/aromatic N) is 3. The highest BCUT2D eigenvalue weighted by Crippen LogP contribution is 2.60. The molecule has 4 aliphatic heterocycles. The Morgan fingerprint density at radius 1 is 1.19 bits per heavy atom. The van der Waals surface area contributed by atoms with E-state index in [-0.39, 0.29) is 23.2 Å². The molecule has 4 saturated heterocycles. The second kappa shape index (κ2) is 11.9. The molecule has 0 aromatic heterocycles. The number of hydrogen-bond acceptors (Lipinski definition) is 7. The van der Waals surface area contributed by atoms with E-state index in [4.69, 9.17) is 14.6 Å². The fraction of sp³-hybridized carbons (Fsp3) is 0.800. The third-order valence-corrected chi connectivity index (χ3v) is 8.91. The first kappa shape index (κ1) is 27.5. The van der Waals surface area contributed by atoms with Crippen molar-refractivity contribution in [2.24, 2.45) is 11.8 Å². The maximum Gasteiger partial charge on any atom is 0.310 e. The van der Waals surface area contributed by atoms with Crippen LogP contribution in [0.5, 0.6) is 0 Å². The van der Waals surface area contributed by atoms with Gasteiger partial charge in [0.1, 0.15) is 11.6 Å². The molecular formula is C25H38BrN3O7. The van der Waals surface area contributed by atoms with Gasteiger partial charge in [-0.2, -0.15) is 0 Å². The van der Waals surface area contributed by atoms with Gasteiger partial charge < -0.3 is 29.5 Å². The minimum absolute atomic E-state index is 0.122. The second-order valence-corrected chi connectivity index (χ2v) is 11.4. The summed E-state index contributed by atoms with van der Waals surface area (Å²) in [6.07, 6.45) is 4.46. The van der Waals surface area contributed by atoms with E-state index in [2.05, 4.69) is 27.4 Å². The quantitative estimate of drug-likeness (QED) is 0.188. The maximum absolute atomic E-state index is 14.2. The molecular weight excluding hydrogens is 534 g/mol. The topological polar surface area (TPSA) is 120 Å². The van der Waals surface area contributed by atoms with E-state index >= 15 is 0 Å². The zero-order valence-corrected chi connectivity index (χ0v) is 22.3. The van der Waals surface area contributed by atoms with Crippen LogP contribution in [0.1, 0.15) is 32.1 Å². The molecule has 4 aliphatic rings. The summed E-state index contributed by atoms with van der Waals surface area (Å²) < 4.78 is 11.8. The number of aliphatic hydroxyl groups excluding tert-OH is 1. The molecule has 202 valence electrons. The Bertz CT molecular complexity index is 838. The highest BCUT2D eigenvalue weighted by Gasteiger charge is 2.76. The van der Waals surface area contributed by atoms with Gasteiger partial charge in [0.25, 0.3) is 0 Å². The molecule has 0 aliphatic carbocycles. The third kappa shape index (κ3) is 5.09. The Labute approximate surface area is 220 Å². The number of unbranched alkanes of at least 4 members (excludes halogenated alkanes) is 3. The van der Waals surface area contributed by atoms with Crippen LogP contribution in [-0.2, 0) is 23.9 Å². The summed E-state index contributed by atoms with van der Waals surface area (Å²) in [5.74, 6) is -3.41. The average Bonchev–Trinajstić information content (AvgIpc) is 3.45. The van der Waals surface area contributed by atoms with E-state index in [9.17, 15) is 19.5 Å². The number of aliphatic carboxylic acids is 1. The molecule has 1 unspecified atom stereocenters. The number of amides is 2. The van der Waals surface area contributed by atoms with Gasteiger partial charge in [-0.15, -0.1) is 6.58 Å². The molecule has 4 fully saturated rings. The van der Waals surface area contributed by atoms with E-state index in [1.807, 2.05) is 0 Å². The minimum Gasteiger partial charge on any atom is -0.481 e. The Hall–Kier alpha value is -1.53. The summed E-state index contributed by atoms with van der Waals surface area (Å²) in [6, 6.07) is -0.869. The van der Waals surface area contributed by atoms with Gasteiger partial charge in [0, 0.05) is 50.7 Å². The SMILES string of the molecule is C=CCN(CCN1CCOCC1)C(=O)[C@@H]1N(CCCCCCO)C(=O)[C@H]2[C@H](C(=O)O)[C@H]3O[C@@]12CC3Br. The lowest BCUT2D eigenvalue weighted by atomic mass is 9.70. The molecule has 2 bridgehead atoms. The highest BCUT2D eigenvalue weighted by molar-refractivity contribution is 9.09. The Balaban J connectivity index is 1.59. The van der Waals surface area contributed by atoms with Crippen molar-refractivity contribution in [3.05, 3.63) is 12.7 Å².